The molecule has 0 bridgehead atoms. The van der Waals surface area contributed by atoms with Gasteiger partial charge in [-0.2, -0.15) is 0 Å². The minimum atomic E-state index is 0.205. The quantitative estimate of drug-likeness (QED) is 0.702. The minimum Gasteiger partial charge on any atom is -0.344 e. The van der Waals surface area contributed by atoms with Crippen molar-refractivity contribution < 1.29 is 4.79 Å². The van der Waals surface area contributed by atoms with Crippen LogP contribution in [0.25, 0.3) is 0 Å². The molecule has 3 heteroatoms. The lowest BCUT2D eigenvalue weighted by Gasteiger charge is -2.22. The summed E-state index contributed by atoms with van der Waals surface area (Å²) < 4.78 is 0. The SMILES string of the molecule is CCCC1CCN(C2CCN(C)C2=O)C1. The second-order valence-corrected chi connectivity index (χ2v) is 5.00. The molecule has 1 amide bonds. The van der Waals surface area contributed by atoms with Crippen LogP contribution in [0.2, 0.25) is 0 Å². The number of carbonyl (C=O) groups excluding carboxylic acids is 1. The van der Waals surface area contributed by atoms with E-state index in [9.17, 15) is 4.79 Å². The van der Waals surface area contributed by atoms with E-state index in [0.29, 0.717) is 5.91 Å². The van der Waals surface area contributed by atoms with E-state index < -0.39 is 0 Å². The van der Waals surface area contributed by atoms with Crippen LogP contribution in [0.4, 0.5) is 0 Å². The zero-order valence-corrected chi connectivity index (χ0v) is 9.91. The maximum atomic E-state index is 11.8. The van der Waals surface area contributed by atoms with Crippen molar-refractivity contribution in [3.8, 4) is 0 Å². The van der Waals surface area contributed by atoms with E-state index in [-0.39, 0.29) is 6.04 Å². The lowest BCUT2D eigenvalue weighted by molar-refractivity contribution is -0.130. The summed E-state index contributed by atoms with van der Waals surface area (Å²) in [4.78, 5) is 16.1. The van der Waals surface area contributed by atoms with Crippen LogP contribution in [-0.2, 0) is 4.79 Å². The molecule has 2 atom stereocenters. The van der Waals surface area contributed by atoms with E-state index in [4.69, 9.17) is 0 Å². The molecule has 0 aromatic carbocycles. The van der Waals surface area contributed by atoms with Gasteiger partial charge in [0.25, 0.3) is 0 Å². The minimum absolute atomic E-state index is 0.205. The molecular weight excluding hydrogens is 188 g/mol. The van der Waals surface area contributed by atoms with Gasteiger partial charge in [0.2, 0.25) is 5.91 Å². The van der Waals surface area contributed by atoms with E-state index in [2.05, 4.69) is 11.8 Å². The van der Waals surface area contributed by atoms with Gasteiger partial charge >= 0.3 is 0 Å². The molecule has 2 heterocycles. The fraction of sp³-hybridized carbons (Fsp3) is 0.917. The number of likely N-dealkylation sites (tertiary alicyclic amines) is 2. The summed E-state index contributed by atoms with van der Waals surface area (Å²) in [6, 6.07) is 0.205. The highest BCUT2D eigenvalue weighted by molar-refractivity contribution is 5.83. The Bertz CT molecular complexity index is 242. The molecule has 86 valence electrons. The molecule has 0 radical (unpaired) electrons. The summed E-state index contributed by atoms with van der Waals surface area (Å²) in [5, 5.41) is 0. The third-order valence-electron chi connectivity index (χ3n) is 3.85. The van der Waals surface area contributed by atoms with Crippen LogP contribution in [0.1, 0.15) is 32.6 Å². The standard InChI is InChI=1S/C12H22N2O/c1-3-4-10-5-8-14(9-10)11-6-7-13(2)12(11)15/h10-11H,3-9H2,1-2H3. The summed E-state index contributed by atoms with van der Waals surface area (Å²) in [6.07, 6.45) is 4.93. The van der Waals surface area contributed by atoms with E-state index in [1.807, 2.05) is 11.9 Å². The third kappa shape index (κ3) is 2.17. The molecule has 2 rings (SSSR count). The first kappa shape index (κ1) is 10.9. The molecule has 0 spiro atoms. The Morgan fingerprint density at radius 3 is 2.73 bits per heavy atom. The topological polar surface area (TPSA) is 23.6 Å². The van der Waals surface area contributed by atoms with Crippen LogP contribution < -0.4 is 0 Å². The van der Waals surface area contributed by atoms with Crippen LogP contribution in [-0.4, -0.2) is 48.4 Å². The van der Waals surface area contributed by atoms with Crippen LogP contribution in [0, 0.1) is 5.92 Å². The third-order valence-corrected chi connectivity index (χ3v) is 3.85. The largest absolute Gasteiger partial charge is 0.344 e. The maximum Gasteiger partial charge on any atom is 0.239 e. The lowest BCUT2D eigenvalue weighted by Crippen LogP contribution is -2.39. The molecule has 0 N–H and O–H groups in total. The first-order chi connectivity index (χ1) is 7.22. The van der Waals surface area contributed by atoms with Crippen LogP contribution in [0.5, 0.6) is 0 Å². The van der Waals surface area contributed by atoms with Gasteiger partial charge in [-0.25, -0.2) is 0 Å². The van der Waals surface area contributed by atoms with Gasteiger partial charge in [-0.3, -0.25) is 9.69 Å². The normalized spacial score (nSPS) is 32.9. The van der Waals surface area contributed by atoms with Gasteiger partial charge in [0.05, 0.1) is 6.04 Å². The van der Waals surface area contributed by atoms with Crippen molar-refractivity contribution in [3.63, 3.8) is 0 Å². The first-order valence-corrected chi connectivity index (χ1v) is 6.21. The number of nitrogens with zero attached hydrogens (tertiary/aromatic N) is 2. The Labute approximate surface area is 92.4 Å². The predicted molar refractivity (Wildman–Crippen MR) is 60.6 cm³/mol. The van der Waals surface area contributed by atoms with Crippen molar-refractivity contribution in [2.45, 2.75) is 38.6 Å². The Morgan fingerprint density at radius 1 is 1.33 bits per heavy atom. The molecule has 15 heavy (non-hydrogen) atoms. The molecule has 2 unspecified atom stereocenters. The molecular formula is C12H22N2O. The number of hydrogen-bond donors (Lipinski definition) is 0. The van der Waals surface area contributed by atoms with Crippen molar-refractivity contribution in [3.05, 3.63) is 0 Å². The van der Waals surface area contributed by atoms with Gasteiger partial charge in [-0.05, 0) is 31.7 Å². The Morgan fingerprint density at radius 2 is 2.13 bits per heavy atom. The van der Waals surface area contributed by atoms with E-state index >= 15 is 0 Å². The van der Waals surface area contributed by atoms with Crippen LogP contribution in [0.15, 0.2) is 0 Å². The molecule has 0 aliphatic carbocycles. The summed E-state index contributed by atoms with van der Waals surface area (Å²) in [6.45, 7) is 5.47. The van der Waals surface area contributed by atoms with Crippen molar-refractivity contribution in [2.75, 3.05) is 26.7 Å². The van der Waals surface area contributed by atoms with Crippen LogP contribution >= 0.6 is 0 Å². The highest BCUT2D eigenvalue weighted by Gasteiger charge is 2.37. The fourth-order valence-electron chi connectivity index (χ4n) is 2.93. The summed E-state index contributed by atoms with van der Waals surface area (Å²) in [5.74, 6) is 1.18. The molecule has 2 aliphatic heterocycles. The van der Waals surface area contributed by atoms with Crippen molar-refractivity contribution in [1.29, 1.82) is 0 Å². The monoisotopic (exact) mass is 210 g/mol. The number of hydrogen-bond acceptors (Lipinski definition) is 2. The first-order valence-electron chi connectivity index (χ1n) is 6.21. The van der Waals surface area contributed by atoms with Gasteiger partial charge in [0, 0.05) is 20.1 Å². The second-order valence-electron chi connectivity index (χ2n) is 5.00. The summed E-state index contributed by atoms with van der Waals surface area (Å²) in [5.41, 5.74) is 0. The van der Waals surface area contributed by atoms with E-state index in [0.717, 1.165) is 32.0 Å². The molecule has 0 aromatic heterocycles. The second kappa shape index (κ2) is 4.52. The molecule has 0 saturated carbocycles. The average Bonchev–Trinajstić information content (AvgIpc) is 2.77. The van der Waals surface area contributed by atoms with Crippen molar-refractivity contribution in [1.82, 2.24) is 9.80 Å². The Hall–Kier alpha value is -0.570. The van der Waals surface area contributed by atoms with Crippen molar-refractivity contribution >= 4 is 5.91 Å². The van der Waals surface area contributed by atoms with Gasteiger partial charge in [0.1, 0.15) is 0 Å². The zero-order valence-electron chi connectivity index (χ0n) is 9.91. The molecule has 0 aromatic rings. The summed E-state index contributed by atoms with van der Waals surface area (Å²) >= 11 is 0. The molecule has 2 aliphatic rings. The highest BCUT2D eigenvalue weighted by Crippen LogP contribution is 2.26. The summed E-state index contributed by atoms with van der Waals surface area (Å²) in [7, 11) is 1.92. The van der Waals surface area contributed by atoms with E-state index in [1.54, 1.807) is 0 Å². The smallest absolute Gasteiger partial charge is 0.239 e. The maximum absolute atomic E-state index is 11.8. The van der Waals surface area contributed by atoms with Gasteiger partial charge < -0.3 is 4.90 Å². The number of amides is 1. The van der Waals surface area contributed by atoms with E-state index in [1.165, 1.54) is 19.3 Å². The fourth-order valence-corrected chi connectivity index (χ4v) is 2.93. The molecule has 2 saturated heterocycles. The Kier molecular flexibility index (Phi) is 3.29. The predicted octanol–water partition coefficient (Wildman–Crippen LogP) is 1.34. The van der Waals surface area contributed by atoms with Gasteiger partial charge in [-0.1, -0.05) is 13.3 Å². The highest BCUT2D eigenvalue weighted by atomic mass is 16.2. The Balaban J connectivity index is 1.88. The van der Waals surface area contributed by atoms with Crippen LogP contribution in [0.3, 0.4) is 0 Å². The van der Waals surface area contributed by atoms with Gasteiger partial charge in [-0.15, -0.1) is 0 Å². The molecule has 2 fully saturated rings. The number of likely N-dealkylation sites (N-methyl/N-ethyl adjacent to an activating group) is 1. The average molecular weight is 210 g/mol. The van der Waals surface area contributed by atoms with Gasteiger partial charge in [0.15, 0.2) is 0 Å². The lowest BCUT2D eigenvalue weighted by atomic mass is 10.0. The zero-order chi connectivity index (χ0) is 10.8. The number of carbonyl (C=O) groups is 1. The molecule has 3 nitrogen and oxygen atoms in total. The number of rotatable bonds is 3. The van der Waals surface area contributed by atoms with Crippen molar-refractivity contribution in [2.24, 2.45) is 5.92 Å².